The molecule has 52 heavy (non-hydrogen) atoms. The SMILES string of the molecule is c1ccc(-c2nc3c(ccc4ccccc43)nc2-n2c3cccc4c5ncccc5c5cccc6c5c5c(c43)c2ccc5n6-c2ccccc2)cc1. The fourth-order valence-electron chi connectivity index (χ4n) is 8.77. The normalized spacial score (nSPS) is 12.2. The molecule has 0 amide bonds. The van der Waals surface area contributed by atoms with Crippen LogP contribution < -0.4 is 0 Å². The Balaban J connectivity index is 1.34. The third-order valence-electron chi connectivity index (χ3n) is 10.9. The van der Waals surface area contributed by atoms with E-state index in [2.05, 4.69) is 167 Å². The Morgan fingerprint density at radius 2 is 1.02 bits per heavy atom. The molecule has 5 heteroatoms. The molecule has 0 radical (unpaired) electrons. The van der Waals surface area contributed by atoms with Gasteiger partial charge in [0.15, 0.2) is 5.82 Å². The van der Waals surface area contributed by atoms with Crippen molar-refractivity contribution < 1.29 is 0 Å². The average Bonchev–Trinajstić information content (AvgIpc) is 3.73. The van der Waals surface area contributed by atoms with Gasteiger partial charge in [0.1, 0.15) is 5.69 Å². The Morgan fingerprint density at radius 1 is 0.385 bits per heavy atom. The van der Waals surface area contributed by atoms with Crippen LogP contribution in [-0.4, -0.2) is 24.1 Å². The zero-order chi connectivity index (χ0) is 33.9. The molecule has 0 unspecified atom stereocenters. The van der Waals surface area contributed by atoms with Crippen LogP contribution in [0.1, 0.15) is 0 Å². The second-order valence-electron chi connectivity index (χ2n) is 13.6. The number of hydrogen-bond donors (Lipinski definition) is 0. The van der Waals surface area contributed by atoms with Crippen molar-refractivity contribution in [2.45, 2.75) is 0 Å². The minimum Gasteiger partial charge on any atom is -0.309 e. The molecule has 4 heterocycles. The highest BCUT2D eigenvalue weighted by Gasteiger charge is 2.26. The molecule has 8 aromatic carbocycles. The van der Waals surface area contributed by atoms with Crippen molar-refractivity contribution in [3.8, 4) is 22.8 Å². The third kappa shape index (κ3) is 3.59. The van der Waals surface area contributed by atoms with Crippen molar-refractivity contribution in [2.24, 2.45) is 0 Å². The molecule has 0 saturated carbocycles. The summed E-state index contributed by atoms with van der Waals surface area (Å²) in [6, 6.07) is 56.0. The molecule has 12 rings (SSSR count). The molecule has 0 atom stereocenters. The van der Waals surface area contributed by atoms with Crippen LogP contribution in [0.15, 0.2) is 164 Å². The predicted octanol–water partition coefficient (Wildman–Crippen LogP) is 11.8. The topological polar surface area (TPSA) is 48.5 Å². The van der Waals surface area contributed by atoms with Gasteiger partial charge >= 0.3 is 0 Å². The summed E-state index contributed by atoms with van der Waals surface area (Å²) in [5, 5.41) is 10.5. The Morgan fingerprint density at radius 3 is 1.85 bits per heavy atom. The van der Waals surface area contributed by atoms with Crippen LogP contribution in [0.3, 0.4) is 0 Å². The van der Waals surface area contributed by atoms with Gasteiger partial charge in [-0.25, -0.2) is 9.97 Å². The summed E-state index contributed by atoms with van der Waals surface area (Å²) < 4.78 is 4.76. The summed E-state index contributed by atoms with van der Waals surface area (Å²) >= 11 is 0. The van der Waals surface area contributed by atoms with Gasteiger partial charge in [0.2, 0.25) is 0 Å². The Bertz CT molecular complexity index is 3400. The van der Waals surface area contributed by atoms with Crippen LogP contribution in [0.25, 0.3) is 110 Å². The first-order chi connectivity index (χ1) is 25.8. The highest BCUT2D eigenvalue weighted by atomic mass is 15.1. The molecule has 0 aliphatic carbocycles. The summed E-state index contributed by atoms with van der Waals surface area (Å²) in [6.07, 6.45) is 1.91. The van der Waals surface area contributed by atoms with Crippen LogP contribution in [0.4, 0.5) is 0 Å². The first-order valence-corrected chi connectivity index (χ1v) is 17.6. The maximum atomic E-state index is 5.53. The number of nitrogens with zero attached hydrogens (tertiary/aromatic N) is 5. The van der Waals surface area contributed by atoms with E-state index in [-0.39, 0.29) is 0 Å². The Kier molecular flexibility index (Phi) is 5.44. The molecule has 0 spiro atoms. The highest BCUT2D eigenvalue weighted by molar-refractivity contribution is 6.38. The van der Waals surface area contributed by atoms with E-state index in [1.807, 2.05) is 6.20 Å². The van der Waals surface area contributed by atoms with E-state index in [0.717, 1.165) is 71.9 Å². The van der Waals surface area contributed by atoms with E-state index in [4.69, 9.17) is 15.0 Å². The summed E-state index contributed by atoms with van der Waals surface area (Å²) in [6.45, 7) is 0. The zero-order valence-electron chi connectivity index (χ0n) is 27.8. The van der Waals surface area contributed by atoms with Gasteiger partial charge in [-0.1, -0.05) is 109 Å². The Labute approximate surface area is 297 Å². The van der Waals surface area contributed by atoms with Crippen LogP contribution in [0.2, 0.25) is 0 Å². The maximum Gasteiger partial charge on any atom is 0.165 e. The molecule has 0 aliphatic rings. The number of pyridine rings is 1. The molecule has 0 N–H and O–H groups in total. The number of aromatic nitrogens is 5. The van der Waals surface area contributed by atoms with E-state index < -0.39 is 0 Å². The van der Waals surface area contributed by atoms with E-state index in [1.54, 1.807) is 0 Å². The number of rotatable bonds is 3. The molecular formula is C47H27N5. The first-order valence-electron chi connectivity index (χ1n) is 17.6. The summed E-state index contributed by atoms with van der Waals surface area (Å²) in [4.78, 5) is 16.1. The number of para-hydroxylation sites is 1. The minimum atomic E-state index is 0.804. The lowest BCUT2D eigenvalue weighted by molar-refractivity contribution is 1.08. The first kappa shape index (κ1) is 27.7. The molecule has 0 fully saturated rings. The van der Waals surface area contributed by atoms with E-state index >= 15 is 0 Å². The van der Waals surface area contributed by atoms with Crippen LogP contribution in [-0.2, 0) is 0 Å². The molecule has 0 saturated heterocycles. The van der Waals surface area contributed by atoms with Crippen molar-refractivity contribution in [2.75, 3.05) is 0 Å². The van der Waals surface area contributed by atoms with Crippen molar-refractivity contribution in [3.63, 3.8) is 0 Å². The molecule has 240 valence electrons. The monoisotopic (exact) mass is 661 g/mol. The lowest BCUT2D eigenvalue weighted by Gasteiger charge is -2.15. The van der Waals surface area contributed by atoms with Gasteiger partial charge in [-0.05, 0) is 59.3 Å². The molecule has 5 nitrogen and oxygen atoms in total. The van der Waals surface area contributed by atoms with E-state index in [1.165, 1.54) is 38.0 Å². The Hall–Kier alpha value is -7.11. The van der Waals surface area contributed by atoms with Gasteiger partial charge in [-0.2, -0.15) is 0 Å². The lowest BCUT2D eigenvalue weighted by Crippen LogP contribution is -2.04. The van der Waals surface area contributed by atoms with Crippen LogP contribution >= 0.6 is 0 Å². The van der Waals surface area contributed by atoms with Gasteiger partial charge in [0.25, 0.3) is 0 Å². The molecule has 0 bridgehead atoms. The molecule has 0 aliphatic heterocycles. The molecule has 12 aromatic rings. The summed E-state index contributed by atoms with van der Waals surface area (Å²) in [7, 11) is 0. The third-order valence-corrected chi connectivity index (χ3v) is 10.9. The fraction of sp³-hybridized carbons (Fsp3) is 0. The van der Waals surface area contributed by atoms with Gasteiger partial charge in [-0.15, -0.1) is 0 Å². The fourth-order valence-corrected chi connectivity index (χ4v) is 8.77. The highest BCUT2D eigenvalue weighted by Crippen LogP contribution is 2.48. The van der Waals surface area contributed by atoms with Crippen LogP contribution in [0.5, 0.6) is 0 Å². The maximum absolute atomic E-state index is 5.53. The molecule has 4 aromatic heterocycles. The average molecular weight is 662 g/mol. The van der Waals surface area contributed by atoms with E-state index in [0.29, 0.717) is 0 Å². The number of benzene rings is 7. The standard InChI is InChI=1S/C47H27N5/c1-3-13-29(14-4-1)44-47(49-35-24-23-28-12-7-8-17-31(28)46(35)50-44)52-37-22-10-19-34-41(37)43-39(52)26-25-38-42(43)40-32(33-20-11-27-48-45(33)34)18-9-21-36(40)51(38)30-15-5-2-6-16-30/h1-27H. The van der Waals surface area contributed by atoms with Crippen molar-refractivity contribution >= 4 is 87.1 Å². The van der Waals surface area contributed by atoms with Crippen molar-refractivity contribution in [3.05, 3.63) is 164 Å². The van der Waals surface area contributed by atoms with Gasteiger partial charge < -0.3 is 4.57 Å². The second kappa shape index (κ2) is 10.2. The van der Waals surface area contributed by atoms with Crippen molar-refractivity contribution in [1.29, 1.82) is 0 Å². The predicted molar refractivity (Wildman–Crippen MR) is 215 cm³/mol. The molecular weight excluding hydrogens is 635 g/mol. The van der Waals surface area contributed by atoms with Gasteiger partial charge in [-0.3, -0.25) is 9.55 Å². The smallest absolute Gasteiger partial charge is 0.165 e. The minimum absolute atomic E-state index is 0.804. The van der Waals surface area contributed by atoms with Crippen LogP contribution in [0, 0.1) is 0 Å². The lowest BCUT2D eigenvalue weighted by atomic mass is 9.96. The zero-order valence-corrected chi connectivity index (χ0v) is 27.8. The van der Waals surface area contributed by atoms with Gasteiger partial charge in [0.05, 0.1) is 38.6 Å². The van der Waals surface area contributed by atoms with Crippen molar-refractivity contribution in [1.82, 2.24) is 24.1 Å². The number of fused-ring (bicyclic) bond motifs is 6. The quantitative estimate of drug-likeness (QED) is 0.177. The van der Waals surface area contributed by atoms with Gasteiger partial charge in [0, 0.05) is 55.2 Å². The largest absolute Gasteiger partial charge is 0.309 e. The summed E-state index contributed by atoms with van der Waals surface area (Å²) in [5.74, 6) is 0.804. The second-order valence-corrected chi connectivity index (χ2v) is 13.6. The number of hydrogen-bond acceptors (Lipinski definition) is 3. The van der Waals surface area contributed by atoms with E-state index in [9.17, 15) is 0 Å². The summed E-state index contributed by atoms with van der Waals surface area (Å²) in [5.41, 5.74) is 10.2.